The van der Waals surface area contributed by atoms with Crippen LogP contribution in [0, 0.1) is 5.92 Å². The van der Waals surface area contributed by atoms with Gasteiger partial charge in [0.15, 0.2) is 5.12 Å². The van der Waals surface area contributed by atoms with Gasteiger partial charge in [-0.3, -0.25) is 9.59 Å². The Labute approximate surface area is 174 Å². The van der Waals surface area contributed by atoms with E-state index in [1.807, 2.05) is 42.8 Å². The predicted octanol–water partition coefficient (Wildman–Crippen LogP) is 3.23. The Bertz CT molecular complexity index is 608. The number of benzene rings is 1. The lowest BCUT2D eigenvalue weighted by molar-refractivity contribution is -0.145. The highest BCUT2D eigenvalue weighted by Gasteiger charge is 2.28. The number of rotatable bonds is 11. The molecule has 150 valence electrons. The molecule has 1 aromatic rings. The van der Waals surface area contributed by atoms with Gasteiger partial charge in [-0.15, -0.1) is 0 Å². The first-order valence-corrected chi connectivity index (χ1v) is 12.1. The maximum Gasteiger partial charge on any atom is 0.328 e. The first kappa shape index (κ1) is 23.9. The number of carbonyl (C=O) groups excluding carboxylic acids is 3. The molecule has 0 bridgehead atoms. The van der Waals surface area contributed by atoms with E-state index in [9.17, 15) is 14.4 Å². The molecule has 2 atom stereocenters. The lowest BCUT2D eigenvalue weighted by atomic mass is 9.99. The summed E-state index contributed by atoms with van der Waals surface area (Å²) in [6.07, 6.45) is 4.94. The van der Waals surface area contributed by atoms with Crippen LogP contribution < -0.4 is 5.32 Å². The standard InChI is InChI=1S/C19H27NO4S3/c1-13(21)27-12-15(10-14-8-6-5-7-9-14)18(22)20-16(19(23)24-2)11-17(25-3)26-4/h5-9,15-17H,10-12H2,1-4H3,(H,20,22)/t15?,16-/m0/s1. The van der Waals surface area contributed by atoms with E-state index in [1.54, 1.807) is 23.5 Å². The molecule has 0 heterocycles. The topological polar surface area (TPSA) is 72.5 Å². The van der Waals surface area contributed by atoms with Crippen LogP contribution in [0.25, 0.3) is 0 Å². The average molecular weight is 430 g/mol. The third kappa shape index (κ3) is 9.08. The van der Waals surface area contributed by atoms with Gasteiger partial charge < -0.3 is 10.1 Å². The summed E-state index contributed by atoms with van der Waals surface area (Å²) in [5.74, 6) is -0.716. The Balaban J connectivity index is 2.88. The molecular formula is C19H27NO4S3. The summed E-state index contributed by atoms with van der Waals surface area (Å²) in [4.78, 5) is 36.4. The number of methoxy groups -OCH3 is 1. The van der Waals surface area contributed by atoms with Gasteiger partial charge in [-0.2, -0.15) is 23.5 Å². The highest BCUT2D eigenvalue weighted by molar-refractivity contribution is 8.16. The molecule has 0 aliphatic rings. The highest BCUT2D eigenvalue weighted by Crippen LogP contribution is 2.24. The van der Waals surface area contributed by atoms with Crippen LogP contribution in [0.15, 0.2) is 30.3 Å². The number of nitrogens with one attached hydrogen (secondary N) is 1. The molecule has 0 fully saturated rings. The molecule has 5 nitrogen and oxygen atoms in total. The van der Waals surface area contributed by atoms with Crippen molar-refractivity contribution < 1.29 is 19.1 Å². The van der Waals surface area contributed by atoms with Gasteiger partial charge in [0.25, 0.3) is 0 Å². The van der Waals surface area contributed by atoms with Crippen molar-refractivity contribution in [3.63, 3.8) is 0 Å². The first-order valence-electron chi connectivity index (χ1n) is 8.52. The van der Waals surface area contributed by atoms with E-state index in [1.165, 1.54) is 14.0 Å². The molecule has 1 rings (SSSR count). The number of hydrogen-bond acceptors (Lipinski definition) is 7. The minimum atomic E-state index is -0.701. The first-order chi connectivity index (χ1) is 12.9. The molecule has 1 N–H and O–H groups in total. The van der Waals surface area contributed by atoms with Crippen LogP contribution >= 0.6 is 35.3 Å². The second-order valence-electron chi connectivity index (χ2n) is 5.91. The van der Waals surface area contributed by atoms with Crippen molar-refractivity contribution in [3.05, 3.63) is 35.9 Å². The molecular weight excluding hydrogens is 402 g/mol. The molecule has 0 aliphatic heterocycles. The lowest BCUT2D eigenvalue weighted by Gasteiger charge is -2.23. The zero-order valence-corrected chi connectivity index (χ0v) is 18.5. The SMILES string of the molecule is COC(=O)[C@H](CC(SC)SC)NC(=O)C(CSC(C)=O)Cc1ccccc1. The van der Waals surface area contributed by atoms with Crippen molar-refractivity contribution in [2.75, 3.05) is 25.4 Å². The van der Waals surface area contributed by atoms with Gasteiger partial charge in [0.2, 0.25) is 5.91 Å². The summed E-state index contributed by atoms with van der Waals surface area (Å²) in [7, 11) is 1.32. The summed E-state index contributed by atoms with van der Waals surface area (Å²) in [5.41, 5.74) is 1.02. The van der Waals surface area contributed by atoms with Gasteiger partial charge in [-0.1, -0.05) is 42.1 Å². The van der Waals surface area contributed by atoms with Crippen LogP contribution in [0.3, 0.4) is 0 Å². The molecule has 0 aliphatic carbocycles. The Morgan fingerprint density at radius 2 is 1.74 bits per heavy atom. The maximum absolute atomic E-state index is 12.9. The molecule has 1 amide bonds. The largest absolute Gasteiger partial charge is 0.467 e. The van der Waals surface area contributed by atoms with Crippen molar-refractivity contribution in [3.8, 4) is 0 Å². The molecule has 1 aromatic carbocycles. The van der Waals surface area contributed by atoms with Crippen LogP contribution in [0.2, 0.25) is 0 Å². The Morgan fingerprint density at radius 3 is 2.26 bits per heavy atom. The van der Waals surface area contributed by atoms with Crippen LogP contribution in [0.4, 0.5) is 0 Å². The lowest BCUT2D eigenvalue weighted by Crippen LogP contribution is -2.46. The Hall–Kier alpha value is -1.12. The van der Waals surface area contributed by atoms with E-state index in [0.717, 1.165) is 17.3 Å². The van der Waals surface area contributed by atoms with E-state index in [-0.39, 0.29) is 15.6 Å². The molecule has 0 saturated heterocycles. The fourth-order valence-corrected chi connectivity index (χ4v) is 4.72. The second-order valence-corrected chi connectivity index (χ2v) is 9.49. The van der Waals surface area contributed by atoms with Crippen molar-refractivity contribution in [1.82, 2.24) is 5.32 Å². The van der Waals surface area contributed by atoms with Crippen molar-refractivity contribution in [2.24, 2.45) is 5.92 Å². The number of amides is 1. The number of thioether (sulfide) groups is 3. The van der Waals surface area contributed by atoms with Gasteiger partial charge in [0.1, 0.15) is 6.04 Å². The zero-order chi connectivity index (χ0) is 20.2. The number of carbonyl (C=O) groups is 3. The van der Waals surface area contributed by atoms with Crippen molar-refractivity contribution in [1.29, 1.82) is 0 Å². The van der Waals surface area contributed by atoms with Crippen LogP contribution in [-0.4, -0.2) is 53.0 Å². The van der Waals surface area contributed by atoms with E-state index in [2.05, 4.69) is 5.32 Å². The van der Waals surface area contributed by atoms with Gasteiger partial charge in [0.05, 0.1) is 17.6 Å². The van der Waals surface area contributed by atoms with Gasteiger partial charge in [-0.05, 0) is 30.9 Å². The van der Waals surface area contributed by atoms with Crippen LogP contribution in [-0.2, 0) is 25.5 Å². The second kappa shape index (κ2) is 13.1. The van der Waals surface area contributed by atoms with Crippen LogP contribution in [0.5, 0.6) is 0 Å². The fourth-order valence-electron chi connectivity index (χ4n) is 2.47. The van der Waals surface area contributed by atoms with Crippen LogP contribution in [0.1, 0.15) is 18.9 Å². The summed E-state index contributed by atoms with van der Waals surface area (Å²) in [5, 5.41) is 2.81. The van der Waals surface area contributed by atoms with E-state index >= 15 is 0 Å². The predicted molar refractivity (Wildman–Crippen MR) is 116 cm³/mol. The quantitative estimate of drug-likeness (QED) is 0.428. The average Bonchev–Trinajstić information content (AvgIpc) is 2.68. The van der Waals surface area contributed by atoms with E-state index in [0.29, 0.717) is 18.6 Å². The smallest absolute Gasteiger partial charge is 0.328 e. The van der Waals surface area contributed by atoms with Gasteiger partial charge in [-0.25, -0.2) is 4.79 Å². The normalized spacial score (nSPS) is 13.1. The number of hydrogen-bond donors (Lipinski definition) is 1. The number of esters is 1. The maximum atomic E-state index is 12.9. The van der Waals surface area contributed by atoms with E-state index < -0.39 is 17.9 Å². The third-order valence-electron chi connectivity index (χ3n) is 3.94. The summed E-state index contributed by atoms with van der Waals surface area (Å²) in [6.45, 7) is 1.49. The molecule has 0 aromatic heterocycles. The monoisotopic (exact) mass is 429 g/mol. The fraction of sp³-hybridized carbons (Fsp3) is 0.526. The third-order valence-corrected chi connectivity index (χ3v) is 7.51. The summed E-state index contributed by atoms with van der Waals surface area (Å²) in [6, 6.07) is 8.96. The summed E-state index contributed by atoms with van der Waals surface area (Å²) < 4.78 is 5.04. The van der Waals surface area contributed by atoms with Gasteiger partial charge in [0, 0.05) is 12.7 Å². The molecule has 27 heavy (non-hydrogen) atoms. The van der Waals surface area contributed by atoms with Crippen molar-refractivity contribution >= 4 is 52.3 Å². The van der Waals surface area contributed by atoms with Crippen molar-refractivity contribution in [2.45, 2.75) is 30.4 Å². The molecule has 0 radical (unpaired) electrons. The minimum Gasteiger partial charge on any atom is -0.467 e. The molecule has 8 heteroatoms. The highest BCUT2D eigenvalue weighted by atomic mass is 32.2. The number of ether oxygens (including phenoxy) is 1. The molecule has 1 unspecified atom stereocenters. The van der Waals surface area contributed by atoms with Gasteiger partial charge >= 0.3 is 5.97 Å². The molecule has 0 spiro atoms. The van der Waals surface area contributed by atoms with E-state index in [4.69, 9.17) is 4.74 Å². The Kier molecular flexibility index (Phi) is 11.6. The zero-order valence-electron chi connectivity index (χ0n) is 16.1. The minimum absolute atomic E-state index is 0.0322. The Morgan fingerprint density at radius 1 is 1.11 bits per heavy atom. The molecule has 0 saturated carbocycles. The summed E-state index contributed by atoms with van der Waals surface area (Å²) >= 11 is 4.39.